The highest BCUT2D eigenvalue weighted by atomic mass is 79.9. The Morgan fingerprint density at radius 3 is 2.38 bits per heavy atom. The number of amides is 1. The summed E-state index contributed by atoms with van der Waals surface area (Å²) >= 11 is 4.71. The minimum Gasteiger partial charge on any atom is -0.325 e. The van der Waals surface area contributed by atoms with Crippen molar-refractivity contribution in [2.24, 2.45) is 0 Å². The Morgan fingerprint density at radius 2 is 1.75 bits per heavy atom. The highest BCUT2D eigenvalue weighted by molar-refractivity contribution is 9.10. The number of hydrogen-bond acceptors (Lipinski definition) is 4. The minimum absolute atomic E-state index is 0.132. The van der Waals surface area contributed by atoms with E-state index in [1.165, 1.54) is 17.8 Å². The normalized spacial score (nSPS) is 11.1. The maximum atomic E-state index is 12.6. The largest absolute Gasteiger partial charge is 0.325 e. The molecule has 2 aromatic rings. The van der Waals surface area contributed by atoms with E-state index < -0.39 is 10.0 Å². The SMILES string of the molecule is CSCC(=O)Nc1ccc(C)c(S(=O)(=O)Nc2ccc(Br)cc2)c1. The lowest BCUT2D eigenvalue weighted by Gasteiger charge is -2.12. The number of carbonyl (C=O) groups is 1. The average molecular weight is 429 g/mol. The van der Waals surface area contributed by atoms with Crippen molar-refractivity contribution in [3.05, 3.63) is 52.5 Å². The van der Waals surface area contributed by atoms with E-state index >= 15 is 0 Å². The number of rotatable bonds is 6. The molecule has 0 radical (unpaired) electrons. The van der Waals surface area contributed by atoms with E-state index in [4.69, 9.17) is 0 Å². The average Bonchev–Trinajstić information content (AvgIpc) is 2.51. The number of sulfonamides is 1. The summed E-state index contributed by atoms with van der Waals surface area (Å²) in [5.41, 5.74) is 1.52. The zero-order valence-corrected chi connectivity index (χ0v) is 16.4. The van der Waals surface area contributed by atoms with Crippen molar-refractivity contribution in [1.29, 1.82) is 0 Å². The van der Waals surface area contributed by atoms with Gasteiger partial charge in [-0.1, -0.05) is 22.0 Å². The van der Waals surface area contributed by atoms with Crippen LogP contribution in [0.2, 0.25) is 0 Å². The Balaban J connectivity index is 2.28. The van der Waals surface area contributed by atoms with E-state index in [9.17, 15) is 13.2 Å². The van der Waals surface area contributed by atoms with Gasteiger partial charge in [0.15, 0.2) is 0 Å². The molecule has 128 valence electrons. The Kier molecular flexibility index (Phi) is 6.31. The third-order valence-electron chi connectivity index (χ3n) is 3.13. The second-order valence-electron chi connectivity index (χ2n) is 5.07. The molecule has 24 heavy (non-hydrogen) atoms. The number of hydrogen-bond donors (Lipinski definition) is 2. The van der Waals surface area contributed by atoms with Crippen molar-refractivity contribution in [1.82, 2.24) is 0 Å². The first-order valence-electron chi connectivity index (χ1n) is 6.99. The Hall–Kier alpha value is -1.51. The highest BCUT2D eigenvalue weighted by Gasteiger charge is 2.18. The molecule has 1 amide bonds. The molecule has 0 spiro atoms. The summed E-state index contributed by atoms with van der Waals surface area (Å²) in [6.07, 6.45) is 1.83. The van der Waals surface area contributed by atoms with Gasteiger partial charge in [0, 0.05) is 15.8 Å². The van der Waals surface area contributed by atoms with E-state index in [2.05, 4.69) is 26.0 Å². The number of anilines is 2. The number of nitrogens with one attached hydrogen (secondary N) is 2. The molecule has 0 bridgehead atoms. The van der Waals surface area contributed by atoms with E-state index in [0.29, 0.717) is 22.7 Å². The van der Waals surface area contributed by atoms with Crippen LogP contribution in [-0.4, -0.2) is 26.3 Å². The lowest BCUT2D eigenvalue weighted by atomic mass is 10.2. The Morgan fingerprint density at radius 1 is 1.12 bits per heavy atom. The van der Waals surface area contributed by atoms with Gasteiger partial charge in [-0.2, -0.15) is 11.8 Å². The number of carbonyl (C=O) groups excluding carboxylic acids is 1. The van der Waals surface area contributed by atoms with Crippen LogP contribution in [-0.2, 0) is 14.8 Å². The predicted octanol–water partition coefficient (Wildman–Crippen LogP) is 3.86. The van der Waals surface area contributed by atoms with Crippen molar-refractivity contribution in [2.45, 2.75) is 11.8 Å². The van der Waals surface area contributed by atoms with Crippen molar-refractivity contribution >= 4 is 55.0 Å². The first-order valence-corrected chi connectivity index (χ1v) is 10.7. The lowest BCUT2D eigenvalue weighted by molar-refractivity contribution is -0.113. The van der Waals surface area contributed by atoms with Crippen molar-refractivity contribution < 1.29 is 13.2 Å². The zero-order valence-electron chi connectivity index (χ0n) is 13.2. The monoisotopic (exact) mass is 428 g/mol. The van der Waals surface area contributed by atoms with E-state index in [0.717, 1.165) is 4.47 Å². The topological polar surface area (TPSA) is 75.3 Å². The molecular formula is C16H17BrN2O3S2. The van der Waals surface area contributed by atoms with Crippen molar-refractivity contribution in [3.63, 3.8) is 0 Å². The van der Waals surface area contributed by atoms with Gasteiger partial charge in [0.2, 0.25) is 5.91 Å². The van der Waals surface area contributed by atoms with Crippen LogP contribution in [0.4, 0.5) is 11.4 Å². The summed E-state index contributed by atoms with van der Waals surface area (Å²) in [6.45, 7) is 1.71. The molecule has 0 saturated heterocycles. The minimum atomic E-state index is -3.75. The summed E-state index contributed by atoms with van der Waals surface area (Å²) in [7, 11) is -3.75. The van der Waals surface area contributed by atoms with Gasteiger partial charge in [-0.25, -0.2) is 8.42 Å². The molecule has 0 aliphatic heterocycles. The number of thioether (sulfide) groups is 1. The first kappa shape index (κ1) is 18.8. The molecule has 0 saturated carbocycles. The highest BCUT2D eigenvalue weighted by Crippen LogP contribution is 2.24. The zero-order chi connectivity index (χ0) is 17.7. The van der Waals surface area contributed by atoms with Gasteiger partial charge in [-0.05, 0) is 55.1 Å². The maximum Gasteiger partial charge on any atom is 0.262 e. The van der Waals surface area contributed by atoms with E-state index in [1.54, 1.807) is 43.3 Å². The molecule has 0 aliphatic carbocycles. The molecule has 0 fully saturated rings. The molecule has 2 aromatic carbocycles. The van der Waals surface area contributed by atoms with Crippen LogP contribution in [0.15, 0.2) is 51.8 Å². The van der Waals surface area contributed by atoms with Gasteiger partial charge < -0.3 is 5.32 Å². The maximum absolute atomic E-state index is 12.6. The molecule has 0 heterocycles. The molecule has 0 atom stereocenters. The van der Waals surface area contributed by atoms with Crippen LogP contribution >= 0.6 is 27.7 Å². The Labute approximate surface area is 154 Å². The van der Waals surface area contributed by atoms with Crippen molar-refractivity contribution in [2.75, 3.05) is 22.0 Å². The summed E-state index contributed by atoms with van der Waals surface area (Å²) in [4.78, 5) is 11.8. The fourth-order valence-corrected chi connectivity index (χ4v) is 3.95. The third-order valence-corrected chi connectivity index (χ3v) is 5.74. The van der Waals surface area contributed by atoms with Crippen LogP contribution < -0.4 is 10.0 Å². The van der Waals surface area contributed by atoms with Crippen LogP contribution in [0.5, 0.6) is 0 Å². The summed E-state index contributed by atoms with van der Waals surface area (Å²) in [5, 5.41) is 2.70. The summed E-state index contributed by atoms with van der Waals surface area (Å²) in [5.74, 6) is 0.142. The van der Waals surface area contributed by atoms with Crippen LogP contribution in [0, 0.1) is 6.92 Å². The van der Waals surface area contributed by atoms with Gasteiger partial charge in [-0.3, -0.25) is 9.52 Å². The number of halogens is 1. The van der Waals surface area contributed by atoms with Gasteiger partial charge in [-0.15, -0.1) is 0 Å². The molecular weight excluding hydrogens is 412 g/mol. The first-order chi connectivity index (χ1) is 11.3. The Bertz CT molecular complexity index is 837. The third kappa shape index (κ3) is 4.99. The second kappa shape index (κ2) is 8.04. The molecule has 2 N–H and O–H groups in total. The smallest absolute Gasteiger partial charge is 0.262 e. The quantitative estimate of drug-likeness (QED) is 0.732. The number of aryl methyl sites for hydroxylation is 1. The standard InChI is InChI=1S/C16H17BrN2O3S2/c1-11-3-6-14(18-16(20)10-23-2)9-15(11)24(21,22)19-13-7-4-12(17)5-8-13/h3-9,19H,10H2,1-2H3,(H,18,20). The van der Waals surface area contributed by atoms with Crippen LogP contribution in [0.1, 0.15) is 5.56 Å². The van der Waals surface area contributed by atoms with Gasteiger partial charge >= 0.3 is 0 Å². The fourth-order valence-electron chi connectivity index (χ4n) is 2.02. The lowest BCUT2D eigenvalue weighted by Crippen LogP contribution is -2.17. The van der Waals surface area contributed by atoms with Crippen LogP contribution in [0.25, 0.3) is 0 Å². The van der Waals surface area contributed by atoms with Gasteiger partial charge in [0.1, 0.15) is 0 Å². The molecule has 0 aromatic heterocycles. The van der Waals surface area contributed by atoms with Gasteiger partial charge in [0.25, 0.3) is 10.0 Å². The molecule has 0 unspecified atom stereocenters. The molecule has 8 heteroatoms. The van der Waals surface area contributed by atoms with Gasteiger partial charge in [0.05, 0.1) is 10.6 Å². The predicted molar refractivity (Wildman–Crippen MR) is 103 cm³/mol. The molecule has 0 aliphatic rings. The van der Waals surface area contributed by atoms with Crippen molar-refractivity contribution in [3.8, 4) is 0 Å². The molecule has 5 nitrogen and oxygen atoms in total. The summed E-state index contributed by atoms with van der Waals surface area (Å²) < 4.78 is 28.7. The summed E-state index contributed by atoms with van der Waals surface area (Å²) in [6, 6.07) is 11.7. The number of benzene rings is 2. The second-order valence-corrected chi connectivity index (χ2v) is 8.51. The molecule has 2 rings (SSSR count). The van der Waals surface area contributed by atoms with E-state index in [-0.39, 0.29) is 10.8 Å². The fraction of sp³-hybridized carbons (Fsp3) is 0.188. The van der Waals surface area contributed by atoms with Crippen LogP contribution in [0.3, 0.4) is 0 Å². The van der Waals surface area contributed by atoms with E-state index in [1.807, 2.05) is 6.26 Å².